The first-order valence-electron chi connectivity index (χ1n) is 9.36. The van der Waals surface area contributed by atoms with E-state index in [0.717, 1.165) is 17.0 Å². The van der Waals surface area contributed by atoms with Crippen molar-refractivity contribution in [3.8, 4) is 5.75 Å². The summed E-state index contributed by atoms with van der Waals surface area (Å²) in [6.07, 6.45) is 0.0199. The number of rotatable bonds is 8. The third-order valence-corrected chi connectivity index (χ3v) is 5.24. The van der Waals surface area contributed by atoms with Gasteiger partial charge in [0.1, 0.15) is 5.75 Å². The molecule has 1 amide bonds. The van der Waals surface area contributed by atoms with Crippen LogP contribution in [-0.2, 0) is 17.0 Å². The van der Waals surface area contributed by atoms with Gasteiger partial charge in [0, 0.05) is 37.3 Å². The molecule has 1 aromatic heterocycles. The molecule has 8 heteroatoms. The summed E-state index contributed by atoms with van der Waals surface area (Å²) in [5, 5.41) is 3.31. The number of nitrogens with zero attached hydrogens (tertiary/aromatic N) is 2. The molecular formula is C22H24N4O3S. The largest absolute Gasteiger partial charge is 0.497 e. The first-order valence-corrected chi connectivity index (χ1v) is 10.3. The van der Waals surface area contributed by atoms with Gasteiger partial charge in [-0.15, -0.1) is 0 Å². The van der Waals surface area contributed by atoms with Gasteiger partial charge in [0.25, 0.3) is 5.56 Å². The second kappa shape index (κ2) is 9.98. The Bertz CT molecular complexity index is 1060. The average molecular weight is 425 g/mol. The highest BCUT2D eigenvalue weighted by atomic mass is 32.2. The van der Waals surface area contributed by atoms with E-state index in [2.05, 4.69) is 15.3 Å². The number of thioether (sulfide) groups is 1. The maximum absolute atomic E-state index is 12.4. The maximum atomic E-state index is 12.4. The summed E-state index contributed by atoms with van der Waals surface area (Å²) in [6, 6.07) is 16.6. The summed E-state index contributed by atoms with van der Waals surface area (Å²) < 4.78 is 5.23. The highest BCUT2D eigenvalue weighted by Gasteiger charge is 2.09. The van der Waals surface area contributed by atoms with Crippen LogP contribution in [0.25, 0.3) is 0 Å². The van der Waals surface area contributed by atoms with Crippen molar-refractivity contribution in [3.05, 3.63) is 76.2 Å². The van der Waals surface area contributed by atoms with Crippen molar-refractivity contribution in [3.63, 3.8) is 0 Å². The predicted molar refractivity (Wildman–Crippen MR) is 121 cm³/mol. The maximum Gasteiger partial charge on any atom is 0.251 e. The van der Waals surface area contributed by atoms with Gasteiger partial charge in [-0.2, -0.15) is 0 Å². The molecule has 7 nitrogen and oxygen atoms in total. The predicted octanol–water partition coefficient (Wildman–Crippen LogP) is 3.32. The molecule has 0 bridgehead atoms. The van der Waals surface area contributed by atoms with Crippen molar-refractivity contribution in [2.24, 2.45) is 0 Å². The molecule has 3 rings (SSSR count). The van der Waals surface area contributed by atoms with Gasteiger partial charge in [-0.3, -0.25) is 9.59 Å². The van der Waals surface area contributed by atoms with E-state index in [1.54, 1.807) is 7.11 Å². The number of benzene rings is 2. The van der Waals surface area contributed by atoms with Crippen molar-refractivity contribution < 1.29 is 9.53 Å². The van der Waals surface area contributed by atoms with E-state index >= 15 is 0 Å². The molecule has 0 aliphatic rings. The normalized spacial score (nSPS) is 10.5. The minimum absolute atomic E-state index is 0.0199. The first kappa shape index (κ1) is 21.4. The lowest BCUT2D eigenvalue weighted by molar-refractivity contribution is -0.115. The van der Waals surface area contributed by atoms with Crippen LogP contribution in [0.2, 0.25) is 0 Å². The fraction of sp³-hybridized carbons (Fsp3) is 0.227. The van der Waals surface area contributed by atoms with Gasteiger partial charge in [-0.1, -0.05) is 23.9 Å². The van der Waals surface area contributed by atoms with Crippen LogP contribution in [0.1, 0.15) is 11.3 Å². The molecule has 0 unspecified atom stereocenters. The first-order chi connectivity index (χ1) is 14.4. The van der Waals surface area contributed by atoms with Crippen LogP contribution in [0.3, 0.4) is 0 Å². The van der Waals surface area contributed by atoms with Crippen LogP contribution in [-0.4, -0.2) is 37.1 Å². The van der Waals surface area contributed by atoms with Gasteiger partial charge in [-0.25, -0.2) is 4.98 Å². The standard InChI is InChI=1S/C22H24N4O3S/c1-26(2)18-9-7-16(8-10-18)23-20(27)12-17-13-21(28)25-22(24-17)30-14-15-5-4-6-19(11-15)29-3/h4-11,13H,12,14H2,1-3H3,(H,23,27)(H,24,25,28). The molecule has 0 spiro atoms. The Kier molecular flexibility index (Phi) is 7.13. The molecule has 0 aliphatic heterocycles. The number of ether oxygens (including phenoxy) is 1. The zero-order chi connectivity index (χ0) is 21.5. The Labute approximate surface area is 179 Å². The minimum atomic E-state index is -0.281. The smallest absolute Gasteiger partial charge is 0.251 e. The molecule has 0 aliphatic carbocycles. The van der Waals surface area contributed by atoms with Gasteiger partial charge >= 0.3 is 0 Å². The van der Waals surface area contributed by atoms with Crippen molar-refractivity contribution >= 4 is 29.0 Å². The Morgan fingerprint density at radius 3 is 2.63 bits per heavy atom. The second-order valence-electron chi connectivity index (χ2n) is 6.85. The van der Waals surface area contributed by atoms with Crippen LogP contribution in [0.15, 0.2) is 64.5 Å². The summed E-state index contributed by atoms with van der Waals surface area (Å²) in [7, 11) is 5.53. The summed E-state index contributed by atoms with van der Waals surface area (Å²) in [5.41, 5.74) is 2.93. The molecule has 0 atom stereocenters. The third kappa shape index (κ3) is 6.12. The number of carbonyl (C=O) groups is 1. The van der Waals surface area contributed by atoms with E-state index in [9.17, 15) is 9.59 Å². The van der Waals surface area contributed by atoms with E-state index in [-0.39, 0.29) is 17.9 Å². The molecule has 0 fully saturated rings. The number of hydrogen-bond acceptors (Lipinski definition) is 6. The summed E-state index contributed by atoms with van der Waals surface area (Å²) in [4.78, 5) is 33.5. The molecule has 0 saturated carbocycles. The molecule has 2 N–H and O–H groups in total. The Morgan fingerprint density at radius 1 is 1.17 bits per heavy atom. The lowest BCUT2D eigenvalue weighted by atomic mass is 10.2. The Hall–Kier alpha value is -3.26. The Balaban J connectivity index is 1.62. The number of aromatic nitrogens is 2. The molecule has 2 aromatic carbocycles. The second-order valence-corrected chi connectivity index (χ2v) is 7.81. The number of anilines is 2. The van der Waals surface area contributed by atoms with Crippen LogP contribution in [0.4, 0.5) is 11.4 Å². The quantitative estimate of drug-likeness (QED) is 0.426. The van der Waals surface area contributed by atoms with Gasteiger partial charge in [0.2, 0.25) is 5.91 Å². The third-order valence-electron chi connectivity index (χ3n) is 4.29. The van der Waals surface area contributed by atoms with Crippen LogP contribution < -0.4 is 20.5 Å². The summed E-state index contributed by atoms with van der Waals surface area (Å²) >= 11 is 1.40. The number of carbonyl (C=O) groups excluding carboxylic acids is 1. The number of methoxy groups -OCH3 is 1. The number of hydrogen-bond donors (Lipinski definition) is 2. The van der Waals surface area contributed by atoms with Gasteiger partial charge in [0.15, 0.2) is 5.16 Å². The number of amides is 1. The van der Waals surface area contributed by atoms with Gasteiger partial charge in [0.05, 0.1) is 19.2 Å². The van der Waals surface area contributed by atoms with Gasteiger partial charge in [-0.05, 0) is 42.0 Å². The highest BCUT2D eigenvalue weighted by molar-refractivity contribution is 7.98. The molecule has 156 valence electrons. The van der Waals surface area contributed by atoms with E-state index < -0.39 is 0 Å². The topological polar surface area (TPSA) is 87.3 Å². The molecule has 0 radical (unpaired) electrons. The average Bonchev–Trinajstić information content (AvgIpc) is 2.72. The lowest BCUT2D eigenvalue weighted by Crippen LogP contribution is -2.18. The SMILES string of the molecule is COc1cccc(CSc2nc(CC(=O)Nc3ccc(N(C)C)cc3)cc(=O)[nH]2)c1. The Morgan fingerprint density at radius 2 is 1.93 bits per heavy atom. The van der Waals surface area contributed by atoms with E-state index in [4.69, 9.17) is 4.74 Å². The molecule has 3 aromatic rings. The monoisotopic (exact) mass is 424 g/mol. The molecule has 0 saturated heterocycles. The molecular weight excluding hydrogens is 400 g/mol. The van der Waals surface area contributed by atoms with E-state index in [1.165, 1.54) is 17.8 Å². The van der Waals surface area contributed by atoms with Crippen molar-refractivity contribution in [2.45, 2.75) is 17.3 Å². The molecule has 1 heterocycles. The highest BCUT2D eigenvalue weighted by Crippen LogP contribution is 2.21. The minimum Gasteiger partial charge on any atom is -0.497 e. The summed E-state index contributed by atoms with van der Waals surface area (Å²) in [6.45, 7) is 0. The van der Waals surface area contributed by atoms with Crippen LogP contribution >= 0.6 is 11.8 Å². The van der Waals surface area contributed by atoms with E-state index in [0.29, 0.717) is 22.3 Å². The number of aromatic amines is 1. The summed E-state index contributed by atoms with van der Waals surface area (Å²) in [5.74, 6) is 1.17. The van der Waals surface area contributed by atoms with Crippen molar-refractivity contribution in [1.29, 1.82) is 0 Å². The zero-order valence-corrected chi connectivity index (χ0v) is 18.0. The van der Waals surface area contributed by atoms with Crippen molar-refractivity contribution in [1.82, 2.24) is 9.97 Å². The number of H-pyrrole nitrogens is 1. The van der Waals surface area contributed by atoms with E-state index in [1.807, 2.05) is 67.5 Å². The lowest BCUT2D eigenvalue weighted by Gasteiger charge is -2.13. The fourth-order valence-electron chi connectivity index (χ4n) is 2.77. The zero-order valence-electron chi connectivity index (χ0n) is 17.1. The van der Waals surface area contributed by atoms with Crippen LogP contribution in [0, 0.1) is 0 Å². The molecule has 30 heavy (non-hydrogen) atoms. The van der Waals surface area contributed by atoms with Crippen LogP contribution in [0.5, 0.6) is 5.75 Å². The number of nitrogens with one attached hydrogen (secondary N) is 2. The fourth-order valence-corrected chi connectivity index (χ4v) is 3.61. The van der Waals surface area contributed by atoms with Crippen molar-refractivity contribution in [2.75, 3.05) is 31.4 Å². The van der Waals surface area contributed by atoms with Gasteiger partial charge < -0.3 is 19.9 Å².